The van der Waals surface area contributed by atoms with Crippen LogP contribution in [-0.4, -0.2) is 35.0 Å². The summed E-state index contributed by atoms with van der Waals surface area (Å²) in [6, 6.07) is 24.5. The lowest BCUT2D eigenvalue weighted by Crippen LogP contribution is -2.41. The molecule has 1 aliphatic heterocycles. The average molecular weight is 457 g/mol. The highest BCUT2D eigenvalue weighted by molar-refractivity contribution is 5.90. The molecule has 0 aliphatic carbocycles. The topological polar surface area (TPSA) is 46.2 Å². The predicted octanol–water partition coefficient (Wildman–Crippen LogP) is 5.80. The summed E-state index contributed by atoms with van der Waals surface area (Å²) in [5, 5.41) is 2.29. The van der Waals surface area contributed by atoms with Gasteiger partial charge in [-0.25, -0.2) is 0 Å². The van der Waals surface area contributed by atoms with Crippen LogP contribution in [0.15, 0.2) is 72.8 Å². The predicted molar refractivity (Wildman–Crippen MR) is 133 cm³/mol. The van der Waals surface area contributed by atoms with Crippen molar-refractivity contribution in [3.63, 3.8) is 0 Å². The number of benzene rings is 4. The van der Waals surface area contributed by atoms with Crippen LogP contribution in [0, 0.1) is 0 Å². The summed E-state index contributed by atoms with van der Waals surface area (Å²) >= 11 is 0. The van der Waals surface area contributed by atoms with Crippen LogP contribution < -0.4 is 23.7 Å². The highest BCUT2D eigenvalue weighted by atomic mass is 16.5. The van der Waals surface area contributed by atoms with Gasteiger partial charge in [0.2, 0.25) is 0 Å². The van der Waals surface area contributed by atoms with Crippen LogP contribution in [0.3, 0.4) is 0 Å². The Kier molecular flexibility index (Phi) is 5.70. The number of fused-ring (bicyclic) bond motifs is 3. The monoisotopic (exact) mass is 456 g/mol. The Hall–Kier alpha value is -3.86. The molecular formula is C29H28O5. The van der Waals surface area contributed by atoms with Gasteiger partial charge in [0.1, 0.15) is 35.4 Å². The maximum absolute atomic E-state index is 6.60. The Morgan fingerprint density at radius 3 is 1.88 bits per heavy atom. The molecule has 34 heavy (non-hydrogen) atoms. The standard InChI is InChI=1S/C29H28O5/c1-30-21-11-13-24(26(15-21)32-3)29(25-14-12-22(31-2)16-27(25)33-4)17-20-10-9-19-7-5-6-8-23(19)28(20)34-18-29/h5-16H,17-18H2,1-4H3. The fourth-order valence-electron chi connectivity index (χ4n) is 5.05. The van der Waals surface area contributed by atoms with Crippen LogP contribution in [0.5, 0.6) is 28.7 Å². The summed E-state index contributed by atoms with van der Waals surface area (Å²) in [5.74, 6) is 3.89. The van der Waals surface area contributed by atoms with Crippen LogP contribution in [0.4, 0.5) is 0 Å². The van der Waals surface area contributed by atoms with Crippen molar-refractivity contribution in [3.8, 4) is 28.7 Å². The van der Waals surface area contributed by atoms with Gasteiger partial charge in [-0.1, -0.05) is 48.5 Å². The summed E-state index contributed by atoms with van der Waals surface area (Å²) in [6.07, 6.45) is 0.721. The van der Waals surface area contributed by atoms with Crippen molar-refractivity contribution in [3.05, 3.63) is 89.5 Å². The van der Waals surface area contributed by atoms with Gasteiger partial charge in [-0.05, 0) is 29.5 Å². The first-order valence-corrected chi connectivity index (χ1v) is 11.2. The minimum atomic E-state index is -0.551. The third kappa shape index (κ3) is 3.48. The van der Waals surface area contributed by atoms with Gasteiger partial charge >= 0.3 is 0 Å². The Bertz CT molecular complexity index is 1290. The second kappa shape index (κ2) is 8.82. The van der Waals surface area contributed by atoms with Gasteiger partial charge in [0, 0.05) is 28.6 Å². The van der Waals surface area contributed by atoms with Crippen LogP contribution in [0.2, 0.25) is 0 Å². The van der Waals surface area contributed by atoms with E-state index >= 15 is 0 Å². The van der Waals surface area contributed by atoms with Crippen LogP contribution in [0.1, 0.15) is 16.7 Å². The van der Waals surface area contributed by atoms with E-state index in [0.717, 1.165) is 62.6 Å². The molecule has 0 saturated heterocycles. The Labute approximate surface area is 199 Å². The molecule has 5 heteroatoms. The molecule has 0 aromatic heterocycles. The van der Waals surface area contributed by atoms with E-state index in [9.17, 15) is 0 Å². The second-order valence-electron chi connectivity index (χ2n) is 8.45. The lowest BCUT2D eigenvalue weighted by atomic mass is 9.69. The lowest BCUT2D eigenvalue weighted by Gasteiger charge is -2.40. The van der Waals surface area contributed by atoms with Gasteiger partial charge in [-0.15, -0.1) is 0 Å². The molecule has 0 atom stereocenters. The van der Waals surface area contributed by atoms with Gasteiger partial charge in [0.15, 0.2) is 0 Å². The lowest BCUT2D eigenvalue weighted by molar-refractivity contribution is 0.210. The quantitative estimate of drug-likeness (QED) is 0.367. The van der Waals surface area contributed by atoms with Crippen molar-refractivity contribution in [1.29, 1.82) is 0 Å². The van der Waals surface area contributed by atoms with Crippen LogP contribution >= 0.6 is 0 Å². The van der Waals surface area contributed by atoms with E-state index in [4.69, 9.17) is 23.7 Å². The second-order valence-corrected chi connectivity index (χ2v) is 8.45. The molecule has 1 aliphatic rings. The van der Waals surface area contributed by atoms with Gasteiger partial charge < -0.3 is 23.7 Å². The van der Waals surface area contributed by atoms with Crippen LogP contribution in [0.25, 0.3) is 10.8 Å². The minimum absolute atomic E-state index is 0.430. The number of methoxy groups -OCH3 is 4. The smallest absolute Gasteiger partial charge is 0.130 e. The van der Waals surface area contributed by atoms with E-state index in [1.54, 1.807) is 28.4 Å². The Balaban J connectivity index is 1.76. The molecule has 0 fully saturated rings. The van der Waals surface area contributed by atoms with Gasteiger partial charge in [-0.3, -0.25) is 0 Å². The van der Waals surface area contributed by atoms with E-state index in [1.165, 1.54) is 0 Å². The fraction of sp³-hybridized carbons (Fsp3) is 0.241. The zero-order chi connectivity index (χ0) is 23.7. The zero-order valence-electron chi connectivity index (χ0n) is 19.9. The van der Waals surface area contributed by atoms with Gasteiger partial charge in [0.05, 0.1) is 33.9 Å². The van der Waals surface area contributed by atoms with Crippen molar-refractivity contribution in [1.82, 2.24) is 0 Å². The maximum Gasteiger partial charge on any atom is 0.130 e. The highest BCUT2D eigenvalue weighted by Crippen LogP contribution is 2.50. The molecule has 1 heterocycles. The van der Waals surface area contributed by atoms with Crippen LogP contribution in [-0.2, 0) is 11.8 Å². The van der Waals surface area contributed by atoms with E-state index in [0.29, 0.717) is 6.61 Å². The first-order chi connectivity index (χ1) is 16.6. The summed E-state index contributed by atoms with van der Waals surface area (Å²) in [6.45, 7) is 0.430. The zero-order valence-corrected chi connectivity index (χ0v) is 19.9. The molecule has 0 radical (unpaired) electrons. The first-order valence-electron chi connectivity index (χ1n) is 11.2. The molecule has 0 bridgehead atoms. The van der Waals surface area contributed by atoms with Crippen molar-refractivity contribution in [2.45, 2.75) is 11.8 Å². The molecule has 4 aromatic rings. The molecule has 5 rings (SSSR count). The third-order valence-electron chi connectivity index (χ3n) is 6.76. The van der Waals surface area contributed by atoms with Crippen molar-refractivity contribution in [2.75, 3.05) is 35.0 Å². The minimum Gasteiger partial charge on any atom is -0.497 e. The molecule has 5 nitrogen and oxygen atoms in total. The molecule has 174 valence electrons. The molecule has 4 aromatic carbocycles. The molecular weight excluding hydrogens is 428 g/mol. The normalized spacial score (nSPS) is 14.1. The molecule has 0 N–H and O–H groups in total. The van der Waals surface area contributed by atoms with E-state index in [2.05, 4.69) is 36.4 Å². The summed E-state index contributed by atoms with van der Waals surface area (Å²) in [4.78, 5) is 0. The molecule has 0 spiro atoms. The molecule has 0 amide bonds. The highest BCUT2D eigenvalue weighted by Gasteiger charge is 2.44. The van der Waals surface area contributed by atoms with E-state index in [1.807, 2.05) is 36.4 Å². The SMILES string of the molecule is COc1ccc(C2(c3ccc(OC)cc3OC)COc3c(ccc4ccccc34)C2)c(OC)c1. The molecule has 0 saturated carbocycles. The van der Waals surface area contributed by atoms with Crippen molar-refractivity contribution < 1.29 is 23.7 Å². The number of hydrogen-bond acceptors (Lipinski definition) is 5. The van der Waals surface area contributed by atoms with E-state index < -0.39 is 5.41 Å². The summed E-state index contributed by atoms with van der Waals surface area (Å²) in [5.41, 5.74) is 2.61. The summed E-state index contributed by atoms with van der Waals surface area (Å²) in [7, 11) is 6.67. The number of rotatable bonds is 6. The summed E-state index contributed by atoms with van der Waals surface area (Å²) < 4.78 is 29.3. The van der Waals surface area contributed by atoms with Gasteiger partial charge in [0.25, 0.3) is 0 Å². The van der Waals surface area contributed by atoms with Gasteiger partial charge in [-0.2, -0.15) is 0 Å². The first kappa shape index (κ1) is 22.0. The van der Waals surface area contributed by atoms with Crippen molar-refractivity contribution >= 4 is 10.8 Å². The Morgan fingerprint density at radius 2 is 1.29 bits per heavy atom. The Morgan fingerprint density at radius 1 is 0.676 bits per heavy atom. The maximum atomic E-state index is 6.60. The van der Waals surface area contributed by atoms with E-state index in [-0.39, 0.29) is 0 Å². The van der Waals surface area contributed by atoms with Crippen molar-refractivity contribution in [2.24, 2.45) is 0 Å². The third-order valence-corrected chi connectivity index (χ3v) is 6.76. The molecule has 0 unspecified atom stereocenters. The number of hydrogen-bond donors (Lipinski definition) is 0. The largest absolute Gasteiger partial charge is 0.497 e. The number of ether oxygens (including phenoxy) is 5. The average Bonchev–Trinajstić information content (AvgIpc) is 2.91. The fourth-order valence-corrected chi connectivity index (χ4v) is 5.05.